The van der Waals surface area contributed by atoms with Gasteiger partial charge in [0.1, 0.15) is 17.7 Å². The third-order valence-electron chi connectivity index (χ3n) is 6.16. The van der Waals surface area contributed by atoms with E-state index >= 15 is 0 Å². The number of para-hydroxylation sites is 1. The molecule has 2 N–H and O–H groups in total. The predicted molar refractivity (Wildman–Crippen MR) is 153 cm³/mol. The Kier molecular flexibility index (Phi) is 9.76. The van der Waals surface area contributed by atoms with E-state index in [1.165, 1.54) is 0 Å². The van der Waals surface area contributed by atoms with Crippen LogP contribution >= 0.6 is 0 Å². The lowest BCUT2D eigenvalue weighted by Crippen LogP contribution is -2.59. The number of carbonyl (C=O) groups excluding carboxylic acids is 3. The van der Waals surface area contributed by atoms with Crippen LogP contribution in [0.2, 0.25) is 0 Å². The minimum Gasteiger partial charge on any atom is -0.444 e. The van der Waals surface area contributed by atoms with Gasteiger partial charge in [-0.2, -0.15) is 0 Å². The molecule has 3 amide bonds. The van der Waals surface area contributed by atoms with Gasteiger partial charge in [0.15, 0.2) is 0 Å². The average Bonchev–Trinajstić information content (AvgIpc) is 2.75. The summed E-state index contributed by atoms with van der Waals surface area (Å²) in [5.41, 5.74) is 2.78. The van der Waals surface area contributed by atoms with Crippen molar-refractivity contribution in [2.75, 3.05) is 5.32 Å². The number of alkyl carbamates (subject to hydrolysis) is 1. The quantitative estimate of drug-likeness (QED) is 0.435. The van der Waals surface area contributed by atoms with Crippen LogP contribution in [-0.2, 0) is 14.3 Å². The highest BCUT2D eigenvalue weighted by atomic mass is 16.6. The van der Waals surface area contributed by atoms with Crippen molar-refractivity contribution in [3.8, 4) is 0 Å². The molecule has 0 heterocycles. The van der Waals surface area contributed by atoms with Gasteiger partial charge in [0.2, 0.25) is 5.91 Å². The second-order valence-electron chi connectivity index (χ2n) is 12.3. The summed E-state index contributed by atoms with van der Waals surface area (Å²) in [5.74, 6) is -0.933. The normalized spacial score (nSPS) is 13.5. The van der Waals surface area contributed by atoms with Gasteiger partial charge >= 0.3 is 6.09 Å². The maximum absolute atomic E-state index is 14.3. The van der Waals surface area contributed by atoms with Crippen molar-refractivity contribution in [2.45, 2.75) is 99.4 Å². The van der Waals surface area contributed by atoms with Crippen LogP contribution < -0.4 is 10.6 Å². The molecule has 0 aromatic heterocycles. The predicted octanol–water partition coefficient (Wildman–Crippen LogP) is 6.47. The summed E-state index contributed by atoms with van der Waals surface area (Å²) < 4.78 is 5.45. The van der Waals surface area contributed by atoms with Crippen molar-refractivity contribution in [1.29, 1.82) is 0 Å². The molecule has 2 rings (SSSR count). The molecule has 7 heteroatoms. The molecule has 0 fully saturated rings. The van der Waals surface area contributed by atoms with Crippen LogP contribution in [0.3, 0.4) is 0 Å². The number of rotatable bonds is 7. The molecule has 0 bridgehead atoms. The molecule has 0 saturated carbocycles. The zero-order valence-electron chi connectivity index (χ0n) is 24.9. The standard InChI is InChI=1S/C31H45N3O4/c1-19(2)24(33-29(37)38-31(9,10)11)28(36)34(30(6,7)8)26(23-17-12-14-20(3)18-23)27(35)32-25-21(4)15-13-16-22(25)5/h12-19,24,26H,1-11H3,(H,32,35)(H,33,37). The van der Waals surface area contributed by atoms with Gasteiger partial charge in [-0.3, -0.25) is 9.59 Å². The molecule has 0 aliphatic carbocycles. The Bertz CT molecular complexity index is 1140. The van der Waals surface area contributed by atoms with E-state index in [-0.39, 0.29) is 17.7 Å². The minimum absolute atomic E-state index is 0.250. The Balaban J connectivity index is 2.62. The molecule has 7 nitrogen and oxygen atoms in total. The van der Waals surface area contributed by atoms with Crippen molar-refractivity contribution in [2.24, 2.45) is 5.92 Å². The molecular formula is C31H45N3O4. The highest BCUT2D eigenvalue weighted by Crippen LogP contribution is 2.33. The van der Waals surface area contributed by atoms with Gasteiger partial charge in [-0.05, 0) is 84.9 Å². The number of amides is 3. The molecular weight excluding hydrogens is 478 g/mol. The summed E-state index contributed by atoms with van der Waals surface area (Å²) in [5, 5.41) is 5.86. The number of hydrogen-bond donors (Lipinski definition) is 2. The van der Waals surface area contributed by atoms with E-state index in [9.17, 15) is 14.4 Å². The Morgan fingerprint density at radius 2 is 1.42 bits per heavy atom. The first kappa shape index (κ1) is 30.9. The zero-order chi connectivity index (χ0) is 29.0. The molecule has 2 aromatic carbocycles. The van der Waals surface area contributed by atoms with Gasteiger partial charge in [0.05, 0.1) is 0 Å². The number of nitrogens with zero attached hydrogens (tertiary/aromatic N) is 1. The van der Waals surface area contributed by atoms with Crippen LogP contribution in [0, 0.1) is 26.7 Å². The van der Waals surface area contributed by atoms with Gasteiger partial charge in [-0.15, -0.1) is 0 Å². The molecule has 0 radical (unpaired) electrons. The van der Waals surface area contributed by atoms with Crippen LogP contribution in [0.4, 0.5) is 10.5 Å². The summed E-state index contributed by atoms with van der Waals surface area (Å²) in [7, 11) is 0. The van der Waals surface area contributed by atoms with Crippen LogP contribution in [0.15, 0.2) is 42.5 Å². The second-order valence-corrected chi connectivity index (χ2v) is 12.3. The van der Waals surface area contributed by atoms with E-state index in [0.717, 1.165) is 22.4 Å². The van der Waals surface area contributed by atoms with E-state index in [1.807, 2.05) is 97.9 Å². The molecule has 2 unspecified atom stereocenters. The first-order valence-corrected chi connectivity index (χ1v) is 13.2. The Morgan fingerprint density at radius 1 is 0.868 bits per heavy atom. The summed E-state index contributed by atoms with van der Waals surface area (Å²) in [6.07, 6.45) is -0.675. The monoisotopic (exact) mass is 523 g/mol. The number of carbonyl (C=O) groups is 3. The average molecular weight is 524 g/mol. The van der Waals surface area contributed by atoms with Crippen molar-refractivity contribution < 1.29 is 19.1 Å². The summed E-state index contributed by atoms with van der Waals surface area (Å²) in [6.45, 7) is 20.5. The van der Waals surface area contributed by atoms with E-state index < -0.39 is 29.3 Å². The number of nitrogens with one attached hydrogen (secondary N) is 2. The van der Waals surface area contributed by atoms with Crippen molar-refractivity contribution in [3.63, 3.8) is 0 Å². The lowest BCUT2D eigenvalue weighted by atomic mass is 9.92. The number of anilines is 1. The fraction of sp³-hybridized carbons (Fsp3) is 0.516. The lowest BCUT2D eigenvalue weighted by Gasteiger charge is -2.43. The number of ether oxygens (including phenoxy) is 1. The third-order valence-corrected chi connectivity index (χ3v) is 6.16. The van der Waals surface area contributed by atoms with Crippen LogP contribution in [0.25, 0.3) is 0 Å². The molecule has 2 atom stereocenters. The highest BCUT2D eigenvalue weighted by Gasteiger charge is 2.43. The van der Waals surface area contributed by atoms with Gasteiger partial charge < -0.3 is 20.3 Å². The molecule has 2 aromatic rings. The molecule has 0 aliphatic heterocycles. The van der Waals surface area contributed by atoms with E-state index in [4.69, 9.17) is 4.74 Å². The maximum Gasteiger partial charge on any atom is 0.408 e. The summed E-state index contributed by atoms with van der Waals surface area (Å²) >= 11 is 0. The van der Waals surface area contributed by atoms with Gasteiger partial charge in [-0.1, -0.05) is 61.9 Å². The summed E-state index contributed by atoms with van der Waals surface area (Å²) in [4.78, 5) is 42.7. The largest absolute Gasteiger partial charge is 0.444 e. The molecule has 0 spiro atoms. The Hall–Kier alpha value is -3.35. The van der Waals surface area contributed by atoms with E-state index in [1.54, 1.807) is 25.7 Å². The fourth-order valence-corrected chi connectivity index (χ4v) is 4.40. The second kappa shape index (κ2) is 12.0. The molecule has 208 valence electrons. The van der Waals surface area contributed by atoms with Crippen LogP contribution in [0.1, 0.15) is 83.7 Å². The summed E-state index contributed by atoms with van der Waals surface area (Å²) in [6, 6.07) is 11.6. The van der Waals surface area contributed by atoms with Crippen molar-refractivity contribution >= 4 is 23.6 Å². The van der Waals surface area contributed by atoms with Crippen LogP contribution in [0.5, 0.6) is 0 Å². The number of aryl methyl sites for hydroxylation is 3. The molecule has 0 aliphatic rings. The first-order valence-electron chi connectivity index (χ1n) is 13.2. The first-order chi connectivity index (χ1) is 17.4. The van der Waals surface area contributed by atoms with Gasteiger partial charge in [0.25, 0.3) is 5.91 Å². The van der Waals surface area contributed by atoms with Crippen molar-refractivity contribution in [1.82, 2.24) is 10.2 Å². The minimum atomic E-state index is -0.942. The van der Waals surface area contributed by atoms with Gasteiger partial charge in [0, 0.05) is 11.2 Å². The topological polar surface area (TPSA) is 87.7 Å². The van der Waals surface area contributed by atoms with E-state index in [2.05, 4.69) is 10.6 Å². The van der Waals surface area contributed by atoms with Gasteiger partial charge in [-0.25, -0.2) is 4.79 Å². The third kappa shape index (κ3) is 8.07. The number of benzene rings is 2. The SMILES string of the molecule is Cc1cccc(C(C(=O)Nc2c(C)cccc2C)N(C(=O)C(NC(=O)OC(C)(C)C)C(C)C)C(C)(C)C)c1. The lowest BCUT2D eigenvalue weighted by molar-refractivity contribution is -0.147. The fourth-order valence-electron chi connectivity index (χ4n) is 4.40. The molecule has 38 heavy (non-hydrogen) atoms. The maximum atomic E-state index is 14.3. The van der Waals surface area contributed by atoms with E-state index in [0.29, 0.717) is 5.56 Å². The van der Waals surface area contributed by atoms with Crippen molar-refractivity contribution in [3.05, 3.63) is 64.7 Å². The smallest absolute Gasteiger partial charge is 0.408 e. The Labute approximate surface area is 228 Å². The highest BCUT2D eigenvalue weighted by molar-refractivity contribution is 6.00. The molecule has 0 saturated heterocycles. The zero-order valence-corrected chi connectivity index (χ0v) is 24.9. The Morgan fingerprint density at radius 3 is 1.89 bits per heavy atom. The van der Waals surface area contributed by atoms with Crippen LogP contribution in [-0.4, -0.2) is 40.0 Å². The number of hydrogen-bond acceptors (Lipinski definition) is 4.